The Labute approximate surface area is 143 Å². The lowest BCUT2D eigenvalue weighted by Crippen LogP contribution is -2.38. The van der Waals surface area contributed by atoms with Gasteiger partial charge < -0.3 is 20.1 Å². The number of amides is 2. The number of benzene rings is 2. The predicted octanol–water partition coefficient (Wildman–Crippen LogP) is 3.80. The van der Waals surface area contributed by atoms with Crippen molar-refractivity contribution in [2.45, 2.75) is 19.3 Å². The highest BCUT2D eigenvalue weighted by Crippen LogP contribution is 2.24. The normalized spacial score (nSPS) is 10.8. The van der Waals surface area contributed by atoms with E-state index in [-0.39, 0.29) is 11.4 Å². The van der Waals surface area contributed by atoms with Crippen molar-refractivity contribution < 1.29 is 14.3 Å². The van der Waals surface area contributed by atoms with Crippen molar-refractivity contribution in [3.63, 3.8) is 0 Å². The number of methoxy groups -OCH3 is 2. The molecule has 0 bridgehead atoms. The Hall–Kier alpha value is -2.69. The van der Waals surface area contributed by atoms with Gasteiger partial charge in [0.2, 0.25) is 0 Å². The number of rotatable bonds is 6. The van der Waals surface area contributed by atoms with Gasteiger partial charge in [0.1, 0.15) is 11.5 Å². The molecule has 0 heterocycles. The van der Waals surface area contributed by atoms with Crippen LogP contribution < -0.4 is 20.1 Å². The molecule has 0 spiro atoms. The number of urea groups is 1. The highest BCUT2D eigenvalue weighted by molar-refractivity contribution is 5.89. The van der Waals surface area contributed by atoms with Gasteiger partial charge in [-0.1, -0.05) is 26.0 Å². The molecule has 0 saturated carbocycles. The van der Waals surface area contributed by atoms with Crippen molar-refractivity contribution in [3.8, 4) is 11.5 Å². The molecular formula is C19H24N2O3. The van der Waals surface area contributed by atoms with E-state index in [4.69, 9.17) is 9.47 Å². The van der Waals surface area contributed by atoms with Crippen LogP contribution in [0.4, 0.5) is 10.5 Å². The molecule has 5 nitrogen and oxygen atoms in total. The SMILES string of the molecule is COc1ccc(NC(=O)NCC(C)(C)c2ccc(OC)cc2)cc1. The van der Waals surface area contributed by atoms with Crippen molar-refractivity contribution in [2.24, 2.45) is 0 Å². The van der Waals surface area contributed by atoms with E-state index >= 15 is 0 Å². The molecule has 2 rings (SSSR count). The van der Waals surface area contributed by atoms with Gasteiger partial charge in [-0.3, -0.25) is 0 Å². The first-order valence-electron chi connectivity index (χ1n) is 7.78. The second-order valence-corrected chi connectivity index (χ2v) is 6.15. The Morgan fingerprint density at radius 1 is 0.917 bits per heavy atom. The third kappa shape index (κ3) is 4.65. The van der Waals surface area contributed by atoms with Gasteiger partial charge in [0.05, 0.1) is 14.2 Å². The van der Waals surface area contributed by atoms with Gasteiger partial charge in [0.15, 0.2) is 0 Å². The van der Waals surface area contributed by atoms with Crippen LogP contribution in [0.2, 0.25) is 0 Å². The van der Waals surface area contributed by atoms with Crippen LogP contribution in [-0.2, 0) is 5.41 Å². The molecule has 0 saturated heterocycles. The average Bonchev–Trinajstić information content (AvgIpc) is 2.61. The molecule has 0 radical (unpaired) electrons. The summed E-state index contributed by atoms with van der Waals surface area (Å²) in [7, 11) is 3.25. The summed E-state index contributed by atoms with van der Waals surface area (Å²) in [4.78, 5) is 12.1. The fraction of sp³-hybridized carbons (Fsp3) is 0.316. The molecule has 5 heteroatoms. The van der Waals surface area contributed by atoms with Crippen molar-refractivity contribution in [1.82, 2.24) is 5.32 Å². The summed E-state index contributed by atoms with van der Waals surface area (Å²) in [6.45, 7) is 4.69. The third-order valence-corrected chi connectivity index (χ3v) is 3.91. The van der Waals surface area contributed by atoms with Crippen molar-refractivity contribution in [2.75, 3.05) is 26.1 Å². The minimum Gasteiger partial charge on any atom is -0.497 e. The highest BCUT2D eigenvalue weighted by atomic mass is 16.5. The lowest BCUT2D eigenvalue weighted by atomic mass is 9.84. The van der Waals surface area contributed by atoms with E-state index in [0.717, 1.165) is 22.7 Å². The zero-order chi connectivity index (χ0) is 17.6. The van der Waals surface area contributed by atoms with Gasteiger partial charge in [0.25, 0.3) is 0 Å². The highest BCUT2D eigenvalue weighted by Gasteiger charge is 2.21. The van der Waals surface area contributed by atoms with Crippen molar-refractivity contribution >= 4 is 11.7 Å². The van der Waals surface area contributed by atoms with Crippen LogP contribution >= 0.6 is 0 Å². The number of hydrogen-bond acceptors (Lipinski definition) is 3. The van der Waals surface area contributed by atoms with E-state index in [9.17, 15) is 4.79 Å². The molecule has 0 unspecified atom stereocenters. The Kier molecular flexibility index (Phi) is 5.68. The number of ether oxygens (including phenoxy) is 2. The largest absolute Gasteiger partial charge is 0.497 e. The zero-order valence-electron chi connectivity index (χ0n) is 14.6. The van der Waals surface area contributed by atoms with Gasteiger partial charge in [-0.05, 0) is 42.0 Å². The topological polar surface area (TPSA) is 59.6 Å². The van der Waals surface area contributed by atoms with E-state index in [0.29, 0.717) is 6.54 Å². The van der Waals surface area contributed by atoms with Gasteiger partial charge >= 0.3 is 6.03 Å². The fourth-order valence-electron chi connectivity index (χ4n) is 2.30. The number of hydrogen-bond donors (Lipinski definition) is 2. The molecule has 24 heavy (non-hydrogen) atoms. The summed E-state index contributed by atoms with van der Waals surface area (Å²) in [6, 6.07) is 14.8. The third-order valence-electron chi connectivity index (χ3n) is 3.91. The number of anilines is 1. The predicted molar refractivity (Wildman–Crippen MR) is 96.0 cm³/mol. The average molecular weight is 328 g/mol. The Morgan fingerprint density at radius 3 is 1.92 bits per heavy atom. The maximum absolute atomic E-state index is 12.1. The first-order chi connectivity index (χ1) is 11.4. The van der Waals surface area contributed by atoms with Crippen molar-refractivity contribution in [3.05, 3.63) is 54.1 Å². The van der Waals surface area contributed by atoms with Gasteiger partial charge in [-0.2, -0.15) is 0 Å². The van der Waals surface area contributed by atoms with Crippen LogP contribution in [0.5, 0.6) is 11.5 Å². The summed E-state index contributed by atoms with van der Waals surface area (Å²) in [6.07, 6.45) is 0. The number of nitrogens with one attached hydrogen (secondary N) is 2. The summed E-state index contributed by atoms with van der Waals surface area (Å²) in [5.41, 5.74) is 1.66. The quantitative estimate of drug-likeness (QED) is 0.848. The smallest absolute Gasteiger partial charge is 0.319 e. The minimum absolute atomic E-state index is 0.191. The molecule has 0 aromatic heterocycles. The fourth-order valence-corrected chi connectivity index (χ4v) is 2.30. The molecule has 0 fully saturated rings. The number of carbonyl (C=O) groups excluding carboxylic acids is 1. The molecule has 0 atom stereocenters. The first-order valence-corrected chi connectivity index (χ1v) is 7.78. The lowest BCUT2D eigenvalue weighted by Gasteiger charge is -2.26. The zero-order valence-corrected chi connectivity index (χ0v) is 14.6. The maximum atomic E-state index is 12.1. The van der Waals surface area contributed by atoms with Gasteiger partial charge in [0, 0.05) is 17.6 Å². The van der Waals surface area contributed by atoms with Crippen LogP contribution in [0.25, 0.3) is 0 Å². The molecular weight excluding hydrogens is 304 g/mol. The van der Waals surface area contributed by atoms with Crippen molar-refractivity contribution in [1.29, 1.82) is 0 Å². The van der Waals surface area contributed by atoms with E-state index in [1.54, 1.807) is 38.5 Å². The Balaban J connectivity index is 1.91. The maximum Gasteiger partial charge on any atom is 0.319 e. The first kappa shape index (κ1) is 17.7. The number of carbonyl (C=O) groups is 1. The summed E-state index contributed by atoms with van der Waals surface area (Å²) < 4.78 is 10.3. The molecule has 2 amide bonds. The summed E-state index contributed by atoms with van der Waals surface area (Å²) in [5, 5.41) is 5.72. The minimum atomic E-state index is -0.234. The Bertz CT molecular complexity index is 664. The van der Waals surface area contributed by atoms with Gasteiger partial charge in [-0.25, -0.2) is 4.79 Å². The molecule has 2 aromatic carbocycles. The second-order valence-electron chi connectivity index (χ2n) is 6.15. The summed E-state index contributed by atoms with van der Waals surface area (Å²) >= 11 is 0. The molecule has 0 aliphatic carbocycles. The summed E-state index contributed by atoms with van der Waals surface area (Å²) in [5.74, 6) is 1.57. The van der Waals surface area contributed by atoms with Crippen LogP contribution in [0.3, 0.4) is 0 Å². The molecule has 0 aliphatic heterocycles. The monoisotopic (exact) mass is 328 g/mol. The second kappa shape index (κ2) is 7.73. The lowest BCUT2D eigenvalue weighted by molar-refractivity contribution is 0.249. The standard InChI is InChI=1S/C19H24N2O3/c1-19(2,14-5-9-16(23-3)10-6-14)13-20-18(22)21-15-7-11-17(24-4)12-8-15/h5-12H,13H2,1-4H3,(H2,20,21,22). The van der Waals surface area contributed by atoms with Gasteiger partial charge in [-0.15, -0.1) is 0 Å². The van der Waals surface area contributed by atoms with Crippen LogP contribution in [0, 0.1) is 0 Å². The van der Waals surface area contributed by atoms with E-state index in [2.05, 4.69) is 24.5 Å². The Morgan fingerprint density at radius 2 is 1.42 bits per heavy atom. The van der Waals surface area contributed by atoms with Crippen LogP contribution in [0.1, 0.15) is 19.4 Å². The van der Waals surface area contributed by atoms with E-state index < -0.39 is 0 Å². The molecule has 0 aliphatic rings. The van der Waals surface area contributed by atoms with E-state index in [1.165, 1.54) is 0 Å². The van der Waals surface area contributed by atoms with Crippen LogP contribution in [-0.4, -0.2) is 26.8 Å². The molecule has 2 aromatic rings. The molecule has 2 N–H and O–H groups in total. The van der Waals surface area contributed by atoms with Crippen LogP contribution in [0.15, 0.2) is 48.5 Å². The van der Waals surface area contributed by atoms with E-state index in [1.807, 2.05) is 24.3 Å². The molecule has 128 valence electrons.